The molecule has 0 aliphatic carbocycles. The molecular weight excluding hydrogens is 303 g/mol. The van der Waals surface area contributed by atoms with E-state index in [4.69, 9.17) is 4.74 Å². The molecule has 0 spiro atoms. The van der Waals surface area contributed by atoms with Gasteiger partial charge in [-0.1, -0.05) is 60.7 Å². The minimum atomic E-state index is -4.27. The highest BCUT2D eigenvalue weighted by atomic mass is 19.4. The molecule has 0 atom stereocenters. The predicted molar refractivity (Wildman–Crippen MR) is 83.9 cm³/mol. The summed E-state index contributed by atoms with van der Waals surface area (Å²) in [6.45, 7) is 0.646. The quantitative estimate of drug-likeness (QED) is 0.673. The van der Waals surface area contributed by atoms with Gasteiger partial charge in [-0.15, -0.1) is 0 Å². The van der Waals surface area contributed by atoms with Crippen molar-refractivity contribution in [3.8, 4) is 0 Å². The normalized spacial score (nSPS) is 11.8. The molecule has 0 aliphatic rings. The van der Waals surface area contributed by atoms with Gasteiger partial charge in [-0.3, -0.25) is 4.90 Å². The molecule has 0 fully saturated rings. The van der Waals surface area contributed by atoms with Crippen LogP contribution in [0.4, 0.5) is 13.2 Å². The van der Waals surface area contributed by atoms with Crippen molar-refractivity contribution in [2.75, 3.05) is 19.8 Å². The maximum absolute atomic E-state index is 12.1. The fraction of sp³-hybridized carbons (Fsp3) is 0.333. The molecule has 0 heterocycles. The van der Waals surface area contributed by atoms with Gasteiger partial charge in [0.2, 0.25) is 0 Å². The van der Waals surface area contributed by atoms with Crippen molar-refractivity contribution in [3.63, 3.8) is 0 Å². The van der Waals surface area contributed by atoms with E-state index < -0.39 is 12.8 Å². The van der Waals surface area contributed by atoms with E-state index in [0.29, 0.717) is 19.6 Å². The highest BCUT2D eigenvalue weighted by Crippen LogP contribution is 2.15. The number of hydrogen-bond acceptors (Lipinski definition) is 2. The lowest BCUT2D eigenvalue weighted by molar-refractivity contribution is -0.174. The van der Waals surface area contributed by atoms with Crippen molar-refractivity contribution < 1.29 is 17.9 Å². The van der Waals surface area contributed by atoms with Crippen LogP contribution in [0.25, 0.3) is 0 Å². The lowest BCUT2D eigenvalue weighted by atomic mass is 10.1. The summed E-state index contributed by atoms with van der Waals surface area (Å²) in [5.41, 5.74) is 2.25. The monoisotopic (exact) mass is 323 g/mol. The van der Waals surface area contributed by atoms with Crippen molar-refractivity contribution in [1.82, 2.24) is 4.90 Å². The number of halogens is 3. The number of alkyl halides is 3. The highest BCUT2D eigenvalue weighted by Gasteiger charge is 2.27. The van der Waals surface area contributed by atoms with Gasteiger partial charge in [0.1, 0.15) is 6.61 Å². The van der Waals surface area contributed by atoms with Crippen molar-refractivity contribution >= 4 is 0 Å². The van der Waals surface area contributed by atoms with E-state index in [2.05, 4.69) is 4.90 Å². The third-order valence-electron chi connectivity index (χ3n) is 3.32. The zero-order valence-electron chi connectivity index (χ0n) is 12.8. The minimum Gasteiger partial charge on any atom is -0.371 e. The molecule has 2 aromatic carbocycles. The Kier molecular flexibility index (Phi) is 6.62. The van der Waals surface area contributed by atoms with Gasteiger partial charge in [0.25, 0.3) is 0 Å². The zero-order valence-corrected chi connectivity index (χ0v) is 12.8. The van der Waals surface area contributed by atoms with Crippen LogP contribution in [-0.2, 0) is 17.8 Å². The minimum absolute atomic E-state index is 0.0547. The molecule has 0 saturated heterocycles. The summed E-state index contributed by atoms with van der Waals surface area (Å²) in [5.74, 6) is 0. The fourth-order valence-corrected chi connectivity index (χ4v) is 2.28. The lowest BCUT2D eigenvalue weighted by Crippen LogP contribution is -2.28. The van der Waals surface area contributed by atoms with Crippen LogP contribution >= 0.6 is 0 Å². The first-order valence-electron chi connectivity index (χ1n) is 7.48. The maximum Gasteiger partial charge on any atom is 0.411 e. The number of ether oxygens (including phenoxy) is 1. The van der Waals surface area contributed by atoms with Crippen molar-refractivity contribution in [3.05, 3.63) is 71.8 Å². The van der Waals surface area contributed by atoms with E-state index in [1.807, 2.05) is 60.7 Å². The third-order valence-corrected chi connectivity index (χ3v) is 3.32. The zero-order chi connectivity index (χ0) is 16.5. The fourth-order valence-electron chi connectivity index (χ4n) is 2.28. The van der Waals surface area contributed by atoms with Crippen LogP contribution in [0.3, 0.4) is 0 Å². The Morgan fingerprint density at radius 2 is 1.26 bits per heavy atom. The molecule has 124 valence electrons. The summed E-state index contributed by atoms with van der Waals surface area (Å²) in [7, 11) is 0. The topological polar surface area (TPSA) is 12.5 Å². The summed E-state index contributed by atoms with van der Waals surface area (Å²) >= 11 is 0. The van der Waals surface area contributed by atoms with Crippen LogP contribution < -0.4 is 0 Å². The first kappa shape index (κ1) is 17.5. The van der Waals surface area contributed by atoms with Gasteiger partial charge in [0.15, 0.2) is 0 Å². The average Bonchev–Trinajstić information content (AvgIpc) is 2.52. The van der Waals surface area contributed by atoms with Gasteiger partial charge >= 0.3 is 6.18 Å². The Bertz CT molecular complexity index is 516. The van der Waals surface area contributed by atoms with Crippen molar-refractivity contribution in [2.24, 2.45) is 0 Å². The Labute approximate surface area is 134 Å². The number of nitrogens with zero attached hydrogens (tertiary/aromatic N) is 1. The largest absolute Gasteiger partial charge is 0.411 e. The van der Waals surface area contributed by atoms with Crippen molar-refractivity contribution in [2.45, 2.75) is 19.3 Å². The molecule has 0 amide bonds. The van der Waals surface area contributed by atoms with Crippen LogP contribution in [0.2, 0.25) is 0 Å². The molecule has 0 N–H and O–H groups in total. The van der Waals surface area contributed by atoms with Crippen LogP contribution in [0.15, 0.2) is 60.7 Å². The second-order valence-corrected chi connectivity index (χ2v) is 5.35. The van der Waals surface area contributed by atoms with Gasteiger partial charge < -0.3 is 4.74 Å². The molecule has 0 saturated carbocycles. The van der Waals surface area contributed by atoms with Crippen molar-refractivity contribution in [1.29, 1.82) is 0 Å². The molecule has 0 bridgehead atoms. The van der Waals surface area contributed by atoms with Crippen LogP contribution in [0.1, 0.15) is 11.1 Å². The Hall–Kier alpha value is -1.85. The Morgan fingerprint density at radius 1 is 0.783 bits per heavy atom. The molecule has 2 nitrogen and oxygen atoms in total. The summed E-state index contributed by atoms with van der Waals surface area (Å²) < 4.78 is 41.1. The molecule has 0 aliphatic heterocycles. The first-order valence-corrected chi connectivity index (χ1v) is 7.48. The van der Waals surface area contributed by atoms with Gasteiger partial charge in [0, 0.05) is 19.6 Å². The van der Waals surface area contributed by atoms with E-state index in [9.17, 15) is 13.2 Å². The molecule has 2 rings (SSSR count). The molecule has 0 radical (unpaired) electrons. The molecule has 5 heteroatoms. The molecule has 0 unspecified atom stereocenters. The average molecular weight is 323 g/mol. The summed E-state index contributed by atoms with van der Waals surface area (Å²) in [4.78, 5) is 2.08. The Morgan fingerprint density at radius 3 is 1.70 bits per heavy atom. The van der Waals surface area contributed by atoms with E-state index in [-0.39, 0.29) is 6.61 Å². The van der Waals surface area contributed by atoms with E-state index in [0.717, 1.165) is 11.1 Å². The SMILES string of the molecule is FC(F)(F)COCCN(Cc1ccccc1)Cc1ccccc1. The van der Waals surface area contributed by atoms with Crippen LogP contribution in [0, 0.1) is 0 Å². The van der Waals surface area contributed by atoms with Crippen LogP contribution in [0.5, 0.6) is 0 Å². The van der Waals surface area contributed by atoms with E-state index >= 15 is 0 Å². The summed E-state index contributed by atoms with van der Waals surface area (Å²) in [6.07, 6.45) is -4.27. The molecular formula is C18H20F3NO. The van der Waals surface area contributed by atoms with Gasteiger partial charge in [-0.05, 0) is 11.1 Å². The lowest BCUT2D eigenvalue weighted by Gasteiger charge is -2.22. The van der Waals surface area contributed by atoms with E-state index in [1.54, 1.807) is 0 Å². The predicted octanol–water partition coefficient (Wildman–Crippen LogP) is 4.27. The second-order valence-electron chi connectivity index (χ2n) is 5.35. The molecule has 0 aromatic heterocycles. The third kappa shape index (κ3) is 7.30. The summed E-state index contributed by atoms with van der Waals surface area (Å²) in [5, 5.41) is 0. The molecule has 2 aromatic rings. The molecule has 23 heavy (non-hydrogen) atoms. The maximum atomic E-state index is 12.1. The Balaban J connectivity index is 1.91. The highest BCUT2D eigenvalue weighted by molar-refractivity contribution is 5.17. The van der Waals surface area contributed by atoms with Gasteiger partial charge in [0.05, 0.1) is 6.61 Å². The van der Waals surface area contributed by atoms with Gasteiger partial charge in [-0.2, -0.15) is 13.2 Å². The summed E-state index contributed by atoms with van der Waals surface area (Å²) in [6, 6.07) is 19.7. The smallest absolute Gasteiger partial charge is 0.371 e. The first-order chi connectivity index (χ1) is 11.0. The van der Waals surface area contributed by atoms with Crippen LogP contribution in [-0.4, -0.2) is 30.8 Å². The second kappa shape index (κ2) is 8.70. The van der Waals surface area contributed by atoms with Gasteiger partial charge in [-0.25, -0.2) is 0 Å². The van der Waals surface area contributed by atoms with E-state index in [1.165, 1.54) is 0 Å². The number of benzene rings is 2. The number of rotatable bonds is 8. The number of hydrogen-bond donors (Lipinski definition) is 0. The standard InChI is InChI=1S/C18H20F3NO/c19-18(20,21)15-23-12-11-22(13-16-7-3-1-4-8-16)14-17-9-5-2-6-10-17/h1-10H,11-15H2.